The molecule has 84 valence electrons. The van der Waals surface area contributed by atoms with Crippen molar-refractivity contribution >= 4 is 29.1 Å². The highest BCUT2D eigenvalue weighted by molar-refractivity contribution is 8.15. The number of hydrogen-bond donors (Lipinski definition) is 1. The second kappa shape index (κ2) is 4.52. The summed E-state index contributed by atoms with van der Waals surface area (Å²) in [5.41, 5.74) is 0. The summed E-state index contributed by atoms with van der Waals surface area (Å²) in [7, 11) is 0. The second-order valence-electron chi connectivity index (χ2n) is 3.35. The molecule has 1 aromatic rings. The van der Waals surface area contributed by atoms with Crippen molar-refractivity contribution in [2.75, 3.05) is 0 Å². The fraction of sp³-hybridized carbons (Fsp3) is 0.300. The Kier molecular flexibility index (Phi) is 3.09. The van der Waals surface area contributed by atoms with Gasteiger partial charge in [-0.3, -0.25) is 4.79 Å². The number of amidine groups is 1. The van der Waals surface area contributed by atoms with Gasteiger partial charge in [-0.25, -0.2) is 0 Å². The third kappa shape index (κ3) is 2.52. The van der Waals surface area contributed by atoms with Crippen molar-refractivity contribution in [3.05, 3.63) is 23.7 Å². The predicted molar refractivity (Wildman–Crippen MR) is 63.7 cm³/mol. The number of nitrogens with zero attached hydrogens (tertiary/aromatic N) is 2. The smallest absolute Gasteiger partial charge is 0.239 e. The molecule has 2 heterocycles. The lowest BCUT2D eigenvalue weighted by atomic mass is 10.4. The summed E-state index contributed by atoms with van der Waals surface area (Å²) in [6.07, 6.45) is 1.51. The minimum atomic E-state index is -0.0974. The van der Waals surface area contributed by atoms with Gasteiger partial charge in [-0.2, -0.15) is 5.10 Å². The van der Waals surface area contributed by atoms with Crippen LogP contribution in [0.15, 0.2) is 26.8 Å². The van der Waals surface area contributed by atoms with E-state index < -0.39 is 0 Å². The maximum absolute atomic E-state index is 11.1. The minimum absolute atomic E-state index is 0.0345. The molecular formula is C10H11N3O2S. The van der Waals surface area contributed by atoms with Crippen molar-refractivity contribution in [1.82, 2.24) is 5.32 Å². The van der Waals surface area contributed by atoms with Gasteiger partial charge in [-0.05, 0) is 26.0 Å². The molecule has 0 saturated carbocycles. The van der Waals surface area contributed by atoms with E-state index in [1.807, 2.05) is 26.0 Å². The van der Waals surface area contributed by atoms with Crippen LogP contribution >= 0.6 is 11.8 Å². The first-order valence-corrected chi connectivity index (χ1v) is 5.68. The van der Waals surface area contributed by atoms with Crippen molar-refractivity contribution < 1.29 is 9.21 Å². The SMILES string of the molecule is Cc1ccc(C=NN=C2NC(=O)C(C)S2)o1. The Morgan fingerprint density at radius 3 is 2.94 bits per heavy atom. The molecule has 5 nitrogen and oxygen atoms in total. The van der Waals surface area contributed by atoms with Crippen molar-refractivity contribution in [1.29, 1.82) is 0 Å². The van der Waals surface area contributed by atoms with Crippen LogP contribution in [0.2, 0.25) is 0 Å². The third-order valence-electron chi connectivity index (χ3n) is 1.98. The molecule has 1 aliphatic rings. The monoisotopic (exact) mass is 237 g/mol. The molecule has 0 spiro atoms. The number of carbonyl (C=O) groups excluding carboxylic acids is 1. The maximum Gasteiger partial charge on any atom is 0.239 e. The Balaban J connectivity index is 1.99. The number of aryl methyl sites for hydroxylation is 1. The molecule has 6 heteroatoms. The van der Waals surface area contributed by atoms with Crippen LogP contribution in [0.1, 0.15) is 18.4 Å². The van der Waals surface area contributed by atoms with Gasteiger partial charge in [0.2, 0.25) is 5.91 Å². The van der Waals surface area contributed by atoms with E-state index >= 15 is 0 Å². The minimum Gasteiger partial charge on any atom is -0.460 e. The predicted octanol–water partition coefficient (Wildman–Crippen LogP) is 1.53. The molecule has 1 N–H and O–H groups in total. The van der Waals surface area contributed by atoms with Gasteiger partial charge < -0.3 is 9.73 Å². The van der Waals surface area contributed by atoms with Crippen LogP contribution in [0.25, 0.3) is 0 Å². The van der Waals surface area contributed by atoms with Gasteiger partial charge >= 0.3 is 0 Å². The molecule has 0 aliphatic carbocycles. The molecule has 1 unspecified atom stereocenters. The van der Waals surface area contributed by atoms with Crippen LogP contribution < -0.4 is 5.32 Å². The summed E-state index contributed by atoms with van der Waals surface area (Å²) in [4.78, 5) is 11.1. The Hall–Kier alpha value is -1.56. The highest BCUT2D eigenvalue weighted by Gasteiger charge is 2.25. The second-order valence-corrected chi connectivity index (χ2v) is 4.68. The van der Waals surface area contributed by atoms with Crippen LogP contribution in [0.3, 0.4) is 0 Å². The maximum atomic E-state index is 11.1. The lowest BCUT2D eigenvalue weighted by molar-refractivity contribution is -0.118. The Labute approximate surface area is 97.0 Å². The zero-order chi connectivity index (χ0) is 11.5. The van der Waals surface area contributed by atoms with E-state index in [1.54, 1.807) is 0 Å². The van der Waals surface area contributed by atoms with Gasteiger partial charge in [0.05, 0.1) is 11.5 Å². The van der Waals surface area contributed by atoms with Crippen molar-refractivity contribution in [3.8, 4) is 0 Å². The first-order chi connectivity index (χ1) is 7.65. The average Bonchev–Trinajstić information content (AvgIpc) is 2.75. The molecule has 1 aromatic heterocycles. The zero-order valence-electron chi connectivity index (χ0n) is 8.93. The van der Waals surface area contributed by atoms with Crippen LogP contribution in [0, 0.1) is 6.92 Å². The Morgan fingerprint density at radius 1 is 1.56 bits per heavy atom. The van der Waals surface area contributed by atoms with E-state index in [2.05, 4.69) is 15.5 Å². The molecule has 1 aliphatic heterocycles. The van der Waals surface area contributed by atoms with Crippen LogP contribution in [-0.4, -0.2) is 22.5 Å². The average molecular weight is 237 g/mol. The number of nitrogens with one attached hydrogen (secondary N) is 1. The van der Waals surface area contributed by atoms with Crippen molar-refractivity contribution in [2.45, 2.75) is 19.1 Å². The van der Waals surface area contributed by atoms with Gasteiger partial charge in [0, 0.05) is 0 Å². The summed E-state index contributed by atoms with van der Waals surface area (Å²) >= 11 is 1.36. The van der Waals surface area contributed by atoms with Crippen molar-refractivity contribution in [3.63, 3.8) is 0 Å². The molecule has 0 radical (unpaired) electrons. The van der Waals surface area contributed by atoms with E-state index in [4.69, 9.17) is 4.42 Å². The van der Waals surface area contributed by atoms with Crippen LogP contribution in [-0.2, 0) is 4.79 Å². The lowest BCUT2D eigenvalue weighted by Gasteiger charge is -1.88. The summed E-state index contributed by atoms with van der Waals surface area (Å²) < 4.78 is 5.28. The number of carbonyl (C=O) groups is 1. The highest BCUT2D eigenvalue weighted by Crippen LogP contribution is 2.18. The molecular weight excluding hydrogens is 226 g/mol. The number of amides is 1. The van der Waals surface area contributed by atoms with Gasteiger partial charge in [0.1, 0.15) is 11.5 Å². The molecule has 16 heavy (non-hydrogen) atoms. The Bertz CT molecular complexity index is 464. The van der Waals surface area contributed by atoms with E-state index in [9.17, 15) is 4.79 Å². The molecule has 0 bridgehead atoms. The fourth-order valence-corrected chi connectivity index (χ4v) is 1.92. The lowest BCUT2D eigenvalue weighted by Crippen LogP contribution is -2.23. The normalized spacial score (nSPS) is 23.2. The van der Waals surface area contributed by atoms with Gasteiger partial charge in [0.25, 0.3) is 0 Å². The number of rotatable bonds is 2. The topological polar surface area (TPSA) is 67.0 Å². The number of thioether (sulfide) groups is 1. The van der Waals surface area contributed by atoms with Crippen LogP contribution in [0.4, 0.5) is 0 Å². The van der Waals surface area contributed by atoms with Crippen LogP contribution in [0.5, 0.6) is 0 Å². The van der Waals surface area contributed by atoms with E-state index in [0.717, 1.165) is 5.76 Å². The number of furan rings is 1. The first kappa shape index (κ1) is 10.9. The molecule has 1 atom stereocenters. The molecule has 1 amide bonds. The highest BCUT2D eigenvalue weighted by atomic mass is 32.2. The summed E-state index contributed by atoms with van der Waals surface area (Å²) in [6.45, 7) is 3.68. The zero-order valence-corrected chi connectivity index (χ0v) is 9.75. The summed E-state index contributed by atoms with van der Waals surface area (Å²) in [5, 5.41) is 10.8. The number of hydrogen-bond acceptors (Lipinski definition) is 5. The first-order valence-electron chi connectivity index (χ1n) is 4.80. The molecule has 1 fully saturated rings. The van der Waals surface area contributed by atoms with Gasteiger partial charge in [0.15, 0.2) is 5.17 Å². The van der Waals surface area contributed by atoms with Gasteiger partial charge in [-0.1, -0.05) is 11.8 Å². The van der Waals surface area contributed by atoms with Gasteiger partial charge in [-0.15, -0.1) is 5.10 Å². The molecule has 1 saturated heterocycles. The van der Waals surface area contributed by atoms with E-state index in [1.165, 1.54) is 18.0 Å². The summed E-state index contributed by atoms with van der Waals surface area (Å²) in [5.74, 6) is 1.43. The quantitative estimate of drug-likeness (QED) is 0.626. The van der Waals surface area contributed by atoms with E-state index in [0.29, 0.717) is 10.9 Å². The summed E-state index contributed by atoms with van der Waals surface area (Å²) in [6, 6.07) is 3.66. The van der Waals surface area contributed by atoms with E-state index in [-0.39, 0.29) is 11.2 Å². The molecule has 0 aromatic carbocycles. The fourth-order valence-electron chi connectivity index (χ4n) is 1.17. The largest absolute Gasteiger partial charge is 0.460 e. The Morgan fingerprint density at radius 2 is 2.38 bits per heavy atom. The van der Waals surface area contributed by atoms with Crippen molar-refractivity contribution in [2.24, 2.45) is 10.2 Å². The third-order valence-corrected chi connectivity index (χ3v) is 2.96. The molecule has 2 rings (SSSR count). The standard InChI is InChI=1S/C10H11N3O2S/c1-6-3-4-8(15-6)5-11-13-10-12-9(14)7(2)16-10/h3-5,7H,1-2H3,(H,12,13,14).